The summed E-state index contributed by atoms with van der Waals surface area (Å²) in [5.41, 5.74) is 3.44. The maximum atomic E-state index is 13.7. The number of rotatable bonds is 5. The second-order valence-electron chi connectivity index (χ2n) is 8.10. The van der Waals surface area contributed by atoms with Gasteiger partial charge in [0.15, 0.2) is 0 Å². The highest BCUT2D eigenvalue weighted by Gasteiger charge is 2.33. The molecule has 1 amide bonds. The molecule has 1 fully saturated rings. The van der Waals surface area contributed by atoms with E-state index in [0.29, 0.717) is 18.0 Å². The van der Waals surface area contributed by atoms with Crippen molar-refractivity contribution in [3.05, 3.63) is 65.6 Å². The molecule has 1 N–H and O–H groups in total. The van der Waals surface area contributed by atoms with Crippen molar-refractivity contribution in [3.8, 4) is 5.69 Å². The average molecular weight is 405 g/mol. The van der Waals surface area contributed by atoms with Gasteiger partial charge >= 0.3 is 0 Å². The summed E-state index contributed by atoms with van der Waals surface area (Å²) in [4.78, 5) is 15.7. The Labute approximate surface area is 177 Å². The number of nitrogens with zero attached hydrogens (tertiary/aromatic N) is 5. The van der Waals surface area contributed by atoms with E-state index in [0.717, 1.165) is 42.1 Å². The Morgan fingerprint density at radius 2 is 2.07 bits per heavy atom. The summed E-state index contributed by atoms with van der Waals surface area (Å²) in [5.74, 6) is 1.18. The predicted octanol–water partition coefficient (Wildman–Crippen LogP) is 3.63. The first-order valence-electron chi connectivity index (χ1n) is 10.5. The fourth-order valence-corrected chi connectivity index (χ4v) is 4.10. The van der Waals surface area contributed by atoms with Gasteiger partial charge in [0, 0.05) is 25.5 Å². The van der Waals surface area contributed by atoms with Gasteiger partial charge in [0.2, 0.25) is 0 Å². The van der Waals surface area contributed by atoms with Crippen molar-refractivity contribution in [2.24, 2.45) is 5.92 Å². The first-order chi connectivity index (χ1) is 14.5. The second kappa shape index (κ2) is 8.65. The Morgan fingerprint density at radius 1 is 1.20 bits per heavy atom. The third-order valence-electron chi connectivity index (χ3n) is 5.80. The molecule has 3 heterocycles. The van der Waals surface area contributed by atoms with Crippen LogP contribution in [0.2, 0.25) is 0 Å². The van der Waals surface area contributed by atoms with Crippen molar-refractivity contribution < 1.29 is 4.79 Å². The zero-order chi connectivity index (χ0) is 21.1. The number of benzene rings is 1. The van der Waals surface area contributed by atoms with E-state index >= 15 is 0 Å². The number of aryl methyl sites for hydroxylation is 2. The van der Waals surface area contributed by atoms with E-state index in [1.165, 1.54) is 0 Å². The van der Waals surface area contributed by atoms with Crippen molar-refractivity contribution >= 4 is 11.7 Å². The van der Waals surface area contributed by atoms with Gasteiger partial charge in [-0.15, -0.1) is 5.10 Å². The molecule has 1 unspecified atom stereocenters. The second-order valence-corrected chi connectivity index (χ2v) is 8.10. The lowest BCUT2D eigenvalue weighted by Crippen LogP contribution is -2.51. The lowest BCUT2D eigenvalue weighted by molar-refractivity contribution is 0.0540. The Hall–Kier alpha value is -3.22. The molecule has 1 saturated heterocycles. The van der Waals surface area contributed by atoms with Crippen LogP contribution in [0, 0.1) is 19.8 Å². The molecule has 0 aliphatic carbocycles. The number of likely N-dealkylation sites (tertiary alicyclic amines) is 1. The number of carbonyl (C=O) groups excluding carboxylic acids is 1. The molecule has 0 spiro atoms. The van der Waals surface area contributed by atoms with E-state index in [1.54, 1.807) is 10.9 Å². The fourth-order valence-electron chi connectivity index (χ4n) is 4.10. The monoisotopic (exact) mass is 404 g/mol. The quantitative estimate of drug-likeness (QED) is 0.703. The molecule has 2 aromatic heterocycles. The van der Waals surface area contributed by atoms with Gasteiger partial charge in [-0.05, 0) is 62.9 Å². The highest BCUT2D eigenvalue weighted by molar-refractivity contribution is 5.98. The summed E-state index contributed by atoms with van der Waals surface area (Å²) in [6, 6.07) is 11.8. The largest absolute Gasteiger partial charge is 0.367 e. The minimum atomic E-state index is 0.0533. The fraction of sp³-hybridized carbons (Fsp3) is 0.391. The first-order valence-corrected chi connectivity index (χ1v) is 10.5. The van der Waals surface area contributed by atoms with Gasteiger partial charge in [-0.2, -0.15) is 10.2 Å². The number of hydrogen-bond acceptors (Lipinski definition) is 5. The van der Waals surface area contributed by atoms with E-state index in [1.807, 2.05) is 61.3 Å². The maximum Gasteiger partial charge on any atom is 0.256 e. The van der Waals surface area contributed by atoms with Crippen LogP contribution < -0.4 is 5.32 Å². The molecule has 7 nitrogen and oxygen atoms in total. The molecule has 0 saturated carbocycles. The summed E-state index contributed by atoms with van der Waals surface area (Å²) in [6.45, 7) is 7.55. The minimum Gasteiger partial charge on any atom is -0.367 e. The standard InChI is InChI=1S/C23H28N6O/c1-16-7-9-20(29-13-5-11-25-29)19(14-16)23(30)28-12-4-6-17(2)21(28)15-24-22-10-8-18(3)26-27-22/h5,7-11,13-14,17,21H,4,6,12,15H2,1-3H3,(H,24,27)/t17-,21?/m1/s1. The summed E-state index contributed by atoms with van der Waals surface area (Å²) >= 11 is 0. The Bertz CT molecular complexity index is 999. The molecule has 1 aromatic carbocycles. The normalized spacial score (nSPS) is 19.0. The van der Waals surface area contributed by atoms with E-state index in [9.17, 15) is 4.79 Å². The molecule has 4 rings (SSSR count). The molecule has 7 heteroatoms. The number of piperidine rings is 1. The van der Waals surface area contributed by atoms with Crippen LogP contribution in [0.25, 0.3) is 5.69 Å². The molecule has 1 aliphatic rings. The smallest absolute Gasteiger partial charge is 0.256 e. The van der Waals surface area contributed by atoms with Gasteiger partial charge in [0.25, 0.3) is 5.91 Å². The number of carbonyl (C=O) groups is 1. The van der Waals surface area contributed by atoms with E-state index in [4.69, 9.17) is 0 Å². The topological polar surface area (TPSA) is 75.9 Å². The highest BCUT2D eigenvalue weighted by Crippen LogP contribution is 2.27. The van der Waals surface area contributed by atoms with Gasteiger partial charge in [-0.1, -0.05) is 18.6 Å². The molecule has 156 valence electrons. The van der Waals surface area contributed by atoms with Crippen molar-refractivity contribution in [2.75, 3.05) is 18.4 Å². The van der Waals surface area contributed by atoms with Crippen LogP contribution in [-0.4, -0.2) is 49.9 Å². The maximum absolute atomic E-state index is 13.7. The van der Waals surface area contributed by atoms with Crippen LogP contribution >= 0.6 is 0 Å². The molecule has 1 aliphatic heterocycles. The summed E-state index contributed by atoms with van der Waals surface area (Å²) < 4.78 is 1.76. The van der Waals surface area contributed by atoms with Crippen LogP contribution in [-0.2, 0) is 0 Å². The van der Waals surface area contributed by atoms with Crippen LogP contribution in [0.1, 0.15) is 41.4 Å². The van der Waals surface area contributed by atoms with E-state index in [2.05, 4.69) is 27.5 Å². The molecular formula is C23H28N6O. The lowest BCUT2D eigenvalue weighted by Gasteiger charge is -2.40. The zero-order valence-corrected chi connectivity index (χ0v) is 17.7. The lowest BCUT2D eigenvalue weighted by atomic mass is 9.89. The van der Waals surface area contributed by atoms with Crippen molar-refractivity contribution in [1.29, 1.82) is 0 Å². The van der Waals surface area contributed by atoms with Crippen molar-refractivity contribution in [2.45, 2.75) is 39.7 Å². The van der Waals surface area contributed by atoms with Crippen molar-refractivity contribution in [3.63, 3.8) is 0 Å². The van der Waals surface area contributed by atoms with Gasteiger partial charge in [-0.3, -0.25) is 4.79 Å². The zero-order valence-electron chi connectivity index (χ0n) is 17.7. The Morgan fingerprint density at radius 3 is 2.80 bits per heavy atom. The number of amides is 1. The van der Waals surface area contributed by atoms with Crippen LogP contribution in [0.5, 0.6) is 0 Å². The third kappa shape index (κ3) is 4.20. The van der Waals surface area contributed by atoms with Crippen molar-refractivity contribution in [1.82, 2.24) is 24.9 Å². The van der Waals surface area contributed by atoms with Gasteiger partial charge < -0.3 is 10.2 Å². The van der Waals surface area contributed by atoms with Crippen LogP contribution in [0.4, 0.5) is 5.82 Å². The SMILES string of the molecule is Cc1ccc(-n2cccn2)c(C(=O)N2CCC[C@@H](C)C2CNc2ccc(C)nn2)c1. The van der Waals surface area contributed by atoms with Gasteiger partial charge in [0.05, 0.1) is 23.0 Å². The minimum absolute atomic E-state index is 0.0533. The van der Waals surface area contributed by atoms with E-state index < -0.39 is 0 Å². The van der Waals surface area contributed by atoms with E-state index in [-0.39, 0.29) is 11.9 Å². The number of anilines is 1. The molecular weight excluding hydrogens is 376 g/mol. The Balaban J connectivity index is 1.60. The van der Waals surface area contributed by atoms with Crippen LogP contribution in [0.3, 0.4) is 0 Å². The predicted molar refractivity (Wildman–Crippen MR) is 117 cm³/mol. The van der Waals surface area contributed by atoms with Gasteiger partial charge in [-0.25, -0.2) is 4.68 Å². The summed E-state index contributed by atoms with van der Waals surface area (Å²) in [6.07, 6.45) is 5.72. The molecule has 0 bridgehead atoms. The summed E-state index contributed by atoms with van der Waals surface area (Å²) in [7, 11) is 0. The number of nitrogens with one attached hydrogen (secondary N) is 1. The summed E-state index contributed by atoms with van der Waals surface area (Å²) in [5, 5.41) is 16.0. The van der Waals surface area contributed by atoms with Crippen LogP contribution in [0.15, 0.2) is 48.8 Å². The number of aromatic nitrogens is 4. The number of hydrogen-bond donors (Lipinski definition) is 1. The third-order valence-corrected chi connectivity index (χ3v) is 5.80. The molecule has 30 heavy (non-hydrogen) atoms. The average Bonchev–Trinajstić information content (AvgIpc) is 3.28. The molecule has 3 aromatic rings. The van der Waals surface area contributed by atoms with Gasteiger partial charge in [0.1, 0.15) is 5.82 Å². The molecule has 2 atom stereocenters. The Kier molecular flexibility index (Phi) is 5.79. The highest BCUT2D eigenvalue weighted by atomic mass is 16.2. The first kappa shape index (κ1) is 20.1. The molecule has 0 radical (unpaired) electrons.